The molecular weight excluding hydrogens is 643 g/mol. The fraction of sp³-hybridized carbons (Fsp3) is 0. The number of aromatic nitrogens is 3. The SMILES string of the molecule is c1ccc(-c2cccc(-c3nc(-c4cccc(-c5cccc(-c6cccc7ccccc67)c5)c4)nc4c5ccccc5n(-c5ccccc5)c34)c2)cc1. The zero-order chi connectivity index (χ0) is 35.1. The highest BCUT2D eigenvalue weighted by Gasteiger charge is 2.21. The Morgan fingerprint density at radius 3 is 1.68 bits per heavy atom. The summed E-state index contributed by atoms with van der Waals surface area (Å²) in [6, 6.07) is 70.9. The predicted molar refractivity (Wildman–Crippen MR) is 221 cm³/mol. The fourth-order valence-electron chi connectivity index (χ4n) is 7.68. The van der Waals surface area contributed by atoms with Crippen LogP contribution in [0.15, 0.2) is 200 Å². The van der Waals surface area contributed by atoms with Crippen LogP contribution in [-0.4, -0.2) is 14.5 Å². The van der Waals surface area contributed by atoms with Crippen molar-refractivity contribution in [1.82, 2.24) is 14.5 Å². The highest BCUT2D eigenvalue weighted by Crippen LogP contribution is 2.39. The zero-order valence-electron chi connectivity index (χ0n) is 28.9. The topological polar surface area (TPSA) is 30.7 Å². The summed E-state index contributed by atoms with van der Waals surface area (Å²) < 4.78 is 2.31. The third-order valence-electron chi connectivity index (χ3n) is 10.2. The van der Waals surface area contributed by atoms with Crippen LogP contribution in [0.5, 0.6) is 0 Å². The molecule has 0 fully saturated rings. The van der Waals surface area contributed by atoms with Crippen LogP contribution in [0.2, 0.25) is 0 Å². The summed E-state index contributed by atoms with van der Waals surface area (Å²) in [4.78, 5) is 10.8. The van der Waals surface area contributed by atoms with Crippen molar-refractivity contribution < 1.29 is 0 Å². The summed E-state index contributed by atoms with van der Waals surface area (Å²) in [7, 11) is 0. The molecule has 0 aliphatic carbocycles. The van der Waals surface area contributed by atoms with Gasteiger partial charge in [-0.05, 0) is 80.6 Å². The molecule has 0 spiro atoms. The van der Waals surface area contributed by atoms with Gasteiger partial charge in [-0.1, -0.05) is 164 Å². The van der Waals surface area contributed by atoms with Crippen molar-refractivity contribution in [1.29, 1.82) is 0 Å². The molecule has 8 aromatic carbocycles. The van der Waals surface area contributed by atoms with Gasteiger partial charge in [0.25, 0.3) is 0 Å². The molecule has 0 atom stereocenters. The molecule has 10 rings (SSSR count). The minimum atomic E-state index is 0.695. The van der Waals surface area contributed by atoms with E-state index in [4.69, 9.17) is 9.97 Å². The van der Waals surface area contributed by atoms with Crippen LogP contribution in [0, 0.1) is 0 Å². The van der Waals surface area contributed by atoms with E-state index in [0.717, 1.165) is 61.1 Å². The molecule has 248 valence electrons. The van der Waals surface area contributed by atoms with Crippen LogP contribution in [-0.2, 0) is 0 Å². The van der Waals surface area contributed by atoms with Gasteiger partial charge in [0.05, 0.1) is 16.7 Å². The van der Waals surface area contributed by atoms with Crippen LogP contribution in [0.3, 0.4) is 0 Å². The van der Waals surface area contributed by atoms with E-state index in [1.54, 1.807) is 0 Å². The lowest BCUT2D eigenvalue weighted by Gasteiger charge is -2.13. The average Bonchev–Trinajstić information content (AvgIpc) is 3.58. The van der Waals surface area contributed by atoms with Crippen molar-refractivity contribution >= 4 is 32.7 Å². The van der Waals surface area contributed by atoms with E-state index in [1.165, 1.54) is 27.5 Å². The first kappa shape index (κ1) is 30.7. The first-order valence-electron chi connectivity index (χ1n) is 18.0. The summed E-state index contributed by atoms with van der Waals surface area (Å²) in [6.45, 7) is 0. The molecule has 0 aliphatic rings. The molecule has 10 aromatic rings. The normalized spacial score (nSPS) is 11.4. The molecule has 2 aromatic heterocycles. The molecule has 0 amide bonds. The molecule has 3 nitrogen and oxygen atoms in total. The summed E-state index contributed by atoms with van der Waals surface area (Å²) in [5.74, 6) is 0.695. The van der Waals surface area contributed by atoms with Gasteiger partial charge >= 0.3 is 0 Å². The zero-order valence-corrected chi connectivity index (χ0v) is 28.9. The first-order chi connectivity index (χ1) is 26.3. The third-order valence-corrected chi connectivity index (χ3v) is 10.2. The molecule has 2 heterocycles. The van der Waals surface area contributed by atoms with Crippen molar-refractivity contribution in [2.75, 3.05) is 0 Å². The highest BCUT2D eigenvalue weighted by atomic mass is 15.0. The Morgan fingerprint density at radius 1 is 0.358 bits per heavy atom. The van der Waals surface area contributed by atoms with Gasteiger partial charge in [-0.15, -0.1) is 0 Å². The van der Waals surface area contributed by atoms with Gasteiger partial charge in [0.1, 0.15) is 5.52 Å². The van der Waals surface area contributed by atoms with Crippen LogP contribution in [0.25, 0.3) is 94.4 Å². The minimum Gasteiger partial charge on any atom is -0.306 e. The molecule has 0 bridgehead atoms. The van der Waals surface area contributed by atoms with E-state index >= 15 is 0 Å². The minimum absolute atomic E-state index is 0.695. The number of hydrogen-bond donors (Lipinski definition) is 0. The van der Waals surface area contributed by atoms with Gasteiger partial charge in [0, 0.05) is 22.2 Å². The Morgan fingerprint density at radius 2 is 0.887 bits per heavy atom. The molecule has 0 aliphatic heterocycles. The lowest BCUT2D eigenvalue weighted by atomic mass is 9.95. The summed E-state index contributed by atoms with van der Waals surface area (Å²) >= 11 is 0. The van der Waals surface area contributed by atoms with Crippen molar-refractivity contribution in [2.45, 2.75) is 0 Å². The number of benzene rings is 8. The van der Waals surface area contributed by atoms with Crippen LogP contribution >= 0.6 is 0 Å². The van der Waals surface area contributed by atoms with Crippen molar-refractivity contribution in [2.24, 2.45) is 0 Å². The number of rotatable bonds is 6. The van der Waals surface area contributed by atoms with E-state index in [9.17, 15) is 0 Å². The maximum absolute atomic E-state index is 5.46. The van der Waals surface area contributed by atoms with E-state index in [2.05, 4.69) is 205 Å². The maximum atomic E-state index is 5.46. The van der Waals surface area contributed by atoms with Gasteiger partial charge in [-0.25, -0.2) is 9.97 Å². The lowest BCUT2D eigenvalue weighted by molar-refractivity contribution is 1.15. The Kier molecular flexibility index (Phi) is 7.47. The Hall–Kier alpha value is -7.10. The van der Waals surface area contributed by atoms with E-state index in [1.807, 2.05) is 0 Å². The quantitative estimate of drug-likeness (QED) is 0.176. The summed E-state index contributed by atoms with van der Waals surface area (Å²) in [5, 5.41) is 3.58. The van der Waals surface area contributed by atoms with Crippen molar-refractivity contribution in [3.8, 4) is 61.7 Å². The second-order valence-electron chi connectivity index (χ2n) is 13.4. The van der Waals surface area contributed by atoms with Crippen LogP contribution in [0.1, 0.15) is 0 Å². The molecule has 3 heteroatoms. The van der Waals surface area contributed by atoms with Gasteiger partial charge in [0.15, 0.2) is 5.82 Å². The van der Waals surface area contributed by atoms with Crippen molar-refractivity contribution in [3.63, 3.8) is 0 Å². The van der Waals surface area contributed by atoms with E-state index in [0.29, 0.717) is 5.82 Å². The maximum Gasteiger partial charge on any atom is 0.160 e. The second kappa shape index (κ2) is 12.9. The summed E-state index contributed by atoms with van der Waals surface area (Å²) in [5.41, 5.74) is 14.0. The number of nitrogens with zero attached hydrogens (tertiary/aromatic N) is 3. The second-order valence-corrected chi connectivity index (χ2v) is 13.4. The van der Waals surface area contributed by atoms with Crippen LogP contribution < -0.4 is 0 Å². The van der Waals surface area contributed by atoms with Gasteiger partial charge in [-0.2, -0.15) is 0 Å². The standard InChI is InChI=1S/C50H33N3/c1-3-15-34(16-4-1)36-19-12-23-40(32-36)47-49-48(45-28-9-10-30-46(45)53(49)42-25-5-2-6-26-42)52-50(51-47)41-24-13-21-38(33-41)37-20-11-22-39(31-37)44-29-14-18-35-17-7-8-27-43(35)44/h1-33H. The molecule has 0 radical (unpaired) electrons. The lowest BCUT2D eigenvalue weighted by Crippen LogP contribution is -2.00. The Labute approximate surface area is 308 Å². The average molecular weight is 676 g/mol. The molecule has 0 saturated carbocycles. The third kappa shape index (κ3) is 5.47. The number of fused-ring (bicyclic) bond motifs is 4. The summed E-state index contributed by atoms with van der Waals surface area (Å²) in [6.07, 6.45) is 0. The van der Waals surface area contributed by atoms with Gasteiger partial charge < -0.3 is 4.57 Å². The first-order valence-corrected chi connectivity index (χ1v) is 18.0. The molecule has 53 heavy (non-hydrogen) atoms. The molecular formula is C50H33N3. The predicted octanol–water partition coefficient (Wildman–Crippen LogP) is 13.1. The van der Waals surface area contributed by atoms with Crippen molar-refractivity contribution in [3.05, 3.63) is 200 Å². The van der Waals surface area contributed by atoms with Gasteiger partial charge in [0.2, 0.25) is 0 Å². The molecule has 0 N–H and O–H groups in total. The largest absolute Gasteiger partial charge is 0.306 e. The number of para-hydroxylation sites is 2. The molecule has 0 unspecified atom stereocenters. The van der Waals surface area contributed by atoms with E-state index in [-0.39, 0.29) is 0 Å². The number of hydrogen-bond acceptors (Lipinski definition) is 2. The Bertz CT molecular complexity index is 2940. The highest BCUT2D eigenvalue weighted by molar-refractivity contribution is 6.11. The van der Waals surface area contributed by atoms with E-state index < -0.39 is 0 Å². The Balaban J connectivity index is 1.18. The molecule has 0 saturated heterocycles. The monoisotopic (exact) mass is 675 g/mol. The smallest absolute Gasteiger partial charge is 0.160 e. The fourth-order valence-corrected chi connectivity index (χ4v) is 7.68. The van der Waals surface area contributed by atoms with Gasteiger partial charge in [-0.3, -0.25) is 0 Å². The van der Waals surface area contributed by atoms with Crippen LogP contribution in [0.4, 0.5) is 0 Å².